The second kappa shape index (κ2) is 6.57. The summed E-state index contributed by atoms with van der Waals surface area (Å²) < 4.78 is 26.3. The van der Waals surface area contributed by atoms with Gasteiger partial charge in [0.15, 0.2) is 11.6 Å². The molecule has 0 aliphatic heterocycles. The van der Waals surface area contributed by atoms with Crippen LogP contribution >= 0.6 is 11.3 Å². The first-order valence-electron chi connectivity index (χ1n) is 7.77. The van der Waals surface area contributed by atoms with Crippen molar-refractivity contribution in [2.45, 2.75) is 31.3 Å². The number of hydrogen-bond donors (Lipinski definition) is 1. The Morgan fingerprint density at radius 2 is 2.04 bits per heavy atom. The lowest BCUT2D eigenvalue weighted by molar-refractivity contribution is 0.0155. The second-order valence-electron chi connectivity index (χ2n) is 6.26. The molecule has 128 valence electrons. The maximum Gasteiger partial charge on any atom is 0.273 e. The van der Waals surface area contributed by atoms with Crippen LogP contribution in [0.2, 0.25) is 0 Å². The summed E-state index contributed by atoms with van der Waals surface area (Å²) >= 11 is 1.19. The number of amides is 1. The van der Waals surface area contributed by atoms with Crippen molar-refractivity contribution in [3.8, 4) is 10.6 Å². The largest absolute Gasteiger partial charge is 0.388 e. The Labute approximate surface area is 142 Å². The summed E-state index contributed by atoms with van der Waals surface area (Å²) in [7, 11) is 1.63. The highest BCUT2D eigenvalue weighted by atomic mass is 32.1. The predicted octanol–water partition coefficient (Wildman–Crippen LogP) is 3.47. The minimum Gasteiger partial charge on any atom is -0.388 e. The van der Waals surface area contributed by atoms with E-state index in [1.54, 1.807) is 12.4 Å². The van der Waals surface area contributed by atoms with E-state index in [-0.39, 0.29) is 18.1 Å². The standard InChI is InChI=1S/C17H18F2N2O2S/c1-21(10-17(23)6-2-3-7-17)16(22)14-9-24-15(20-14)11-4-5-12(18)13(19)8-11/h4-5,8-9,23H,2-3,6-7,10H2,1H3. The van der Waals surface area contributed by atoms with Crippen LogP contribution in [0, 0.1) is 11.6 Å². The number of rotatable bonds is 4. The van der Waals surface area contributed by atoms with E-state index in [1.807, 2.05) is 0 Å². The van der Waals surface area contributed by atoms with Crippen LogP contribution in [-0.2, 0) is 0 Å². The number of hydrogen-bond acceptors (Lipinski definition) is 4. The molecule has 3 rings (SSSR count). The highest BCUT2D eigenvalue weighted by Gasteiger charge is 2.34. The Morgan fingerprint density at radius 3 is 2.71 bits per heavy atom. The van der Waals surface area contributed by atoms with Crippen molar-refractivity contribution in [3.05, 3.63) is 40.9 Å². The molecule has 0 atom stereocenters. The monoisotopic (exact) mass is 352 g/mol. The smallest absolute Gasteiger partial charge is 0.273 e. The Kier molecular flexibility index (Phi) is 4.64. The number of likely N-dealkylation sites (N-methyl/N-ethyl adjacent to an activating group) is 1. The summed E-state index contributed by atoms with van der Waals surface area (Å²) in [6.07, 6.45) is 3.33. The summed E-state index contributed by atoms with van der Waals surface area (Å²) in [4.78, 5) is 18.2. The van der Waals surface area contributed by atoms with Crippen molar-refractivity contribution >= 4 is 17.2 Å². The number of benzene rings is 1. The molecule has 7 heteroatoms. The molecule has 1 aliphatic carbocycles. The van der Waals surface area contributed by atoms with Crippen LogP contribution in [0.3, 0.4) is 0 Å². The van der Waals surface area contributed by atoms with Gasteiger partial charge in [0.1, 0.15) is 10.7 Å². The molecule has 2 aromatic rings. The molecule has 0 unspecified atom stereocenters. The second-order valence-corrected chi connectivity index (χ2v) is 7.12. The quantitative estimate of drug-likeness (QED) is 0.917. The molecule has 0 bridgehead atoms. The van der Waals surface area contributed by atoms with E-state index in [0.717, 1.165) is 25.0 Å². The number of halogens is 2. The van der Waals surface area contributed by atoms with Gasteiger partial charge in [-0.15, -0.1) is 11.3 Å². The van der Waals surface area contributed by atoms with E-state index in [4.69, 9.17) is 0 Å². The van der Waals surface area contributed by atoms with E-state index >= 15 is 0 Å². The van der Waals surface area contributed by atoms with Crippen molar-refractivity contribution in [1.29, 1.82) is 0 Å². The zero-order valence-electron chi connectivity index (χ0n) is 13.3. The van der Waals surface area contributed by atoms with E-state index in [2.05, 4.69) is 4.98 Å². The van der Waals surface area contributed by atoms with Gasteiger partial charge in [-0.1, -0.05) is 12.8 Å². The lowest BCUT2D eigenvalue weighted by Gasteiger charge is -2.28. The molecule has 4 nitrogen and oxygen atoms in total. The predicted molar refractivity (Wildman–Crippen MR) is 87.8 cm³/mol. The molecule has 1 aromatic heterocycles. The van der Waals surface area contributed by atoms with E-state index in [9.17, 15) is 18.7 Å². The van der Waals surface area contributed by atoms with Crippen LogP contribution in [0.4, 0.5) is 8.78 Å². The molecule has 1 saturated carbocycles. The number of aliphatic hydroxyl groups is 1. The van der Waals surface area contributed by atoms with Crippen molar-refractivity contribution in [2.24, 2.45) is 0 Å². The lowest BCUT2D eigenvalue weighted by Crippen LogP contribution is -2.42. The highest BCUT2D eigenvalue weighted by molar-refractivity contribution is 7.13. The van der Waals surface area contributed by atoms with Crippen LogP contribution < -0.4 is 0 Å². The molecule has 1 N–H and O–H groups in total. The summed E-state index contributed by atoms with van der Waals surface area (Å²) in [6.45, 7) is 0.268. The van der Waals surface area contributed by atoms with Crippen LogP contribution in [0.25, 0.3) is 10.6 Å². The highest BCUT2D eigenvalue weighted by Crippen LogP contribution is 2.31. The van der Waals surface area contributed by atoms with E-state index < -0.39 is 17.2 Å². The average molecular weight is 352 g/mol. The molecule has 0 spiro atoms. The van der Waals surface area contributed by atoms with Gasteiger partial charge < -0.3 is 10.0 Å². The Hall–Kier alpha value is -1.86. The third-order valence-corrected chi connectivity index (χ3v) is 5.19. The number of carbonyl (C=O) groups excluding carboxylic acids is 1. The normalized spacial score (nSPS) is 16.3. The molecule has 0 saturated heterocycles. The third kappa shape index (κ3) is 3.47. The first kappa shape index (κ1) is 17.0. The van der Waals surface area contributed by atoms with E-state index in [1.165, 1.54) is 22.3 Å². The summed E-state index contributed by atoms with van der Waals surface area (Å²) in [6, 6.07) is 3.53. The molecule has 1 fully saturated rings. The fourth-order valence-corrected chi connectivity index (χ4v) is 3.82. The van der Waals surface area contributed by atoms with Gasteiger partial charge in [-0.3, -0.25) is 4.79 Å². The average Bonchev–Trinajstić information content (AvgIpc) is 3.18. The molecular formula is C17H18F2N2O2S. The van der Waals surface area contributed by atoms with Crippen LogP contribution in [0.15, 0.2) is 23.6 Å². The molecule has 24 heavy (non-hydrogen) atoms. The Morgan fingerprint density at radius 1 is 1.33 bits per heavy atom. The Balaban J connectivity index is 1.74. The van der Waals surface area contributed by atoms with Crippen molar-refractivity contribution in [1.82, 2.24) is 9.88 Å². The first-order valence-corrected chi connectivity index (χ1v) is 8.65. The molecule has 1 heterocycles. The van der Waals surface area contributed by atoms with Gasteiger partial charge >= 0.3 is 0 Å². The van der Waals surface area contributed by atoms with Crippen molar-refractivity contribution in [3.63, 3.8) is 0 Å². The minimum absolute atomic E-state index is 0.240. The van der Waals surface area contributed by atoms with Crippen LogP contribution in [0.1, 0.15) is 36.2 Å². The number of thiazole rings is 1. The van der Waals surface area contributed by atoms with Gasteiger partial charge in [0.2, 0.25) is 0 Å². The van der Waals surface area contributed by atoms with Crippen molar-refractivity contribution in [2.75, 3.05) is 13.6 Å². The van der Waals surface area contributed by atoms with Gasteiger partial charge in [0.05, 0.1) is 5.60 Å². The lowest BCUT2D eigenvalue weighted by atomic mass is 10.0. The molecule has 1 amide bonds. The summed E-state index contributed by atoms with van der Waals surface area (Å²) in [5.41, 5.74) is -0.151. The van der Waals surface area contributed by atoms with Crippen molar-refractivity contribution < 1.29 is 18.7 Å². The van der Waals surface area contributed by atoms with Gasteiger partial charge in [0.25, 0.3) is 5.91 Å². The summed E-state index contributed by atoms with van der Waals surface area (Å²) in [5.74, 6) is -2.16. The maximum absolute atomic E-state index is 13.3. The fourth-order valence-electron chi connectivity index (χ4n) is 3.03. The topological polar surface area (TPSA) is 53.4 Å². The molecule has 1 aliphatic rings. The first-order chi connectivity index (χ1) is 11.4. The molecular weight excluding hydrogens is 334 g/mol. The van der Waals surface area contributed by atoms with Crippen LogP contribution in [-0.4, -0.2) is 40.1 Å². The third-order valence-electron chi connectivity index (χ3n) is 4.30. The number of nitrogens with zero attached hydrogens (tertiary/aromatic N) is 2. The zero-order chi connectivity index (χ0) is 17.3. The van der Waals surface area contributed by atoms with Gasteiger partial charge in [0, 0.05) is 24.5 Å². The summed E-state index contributed by atoms with van der Waals surface area (Å²) in [5, 5.41) is 12.4. The maximum atomic E-state index is 13.3. The number of aromatic nitrogens is 1. The SMILES string of the molecule is CN(CC1(O)CCCC1)C(=O)c1csc(-c2ccc(F)c(F)c2)n1. The number of carbonyl (C=O) groups is 1. The molecule has 0 radical (unpaired) electrons. The fraction of sp³-hybridized carbons (Fsp3) is 0.412. The van der Waals surface area contributed by atoms with Crippen LogP contribution in [0.5, 0.6) is 0 Å². The van der Waals surface area contributed by atoms with Gasteiger partial charge in [-0.2, -0.15) is 0 Å². The Bertz CT molecular complexity index is 757. The molecule has 1 aromatic carbocycles. The zero-order valence-corrected chi connectivity index (χ0v) is 14.1. The van der Waals surface area contributed by atoms with Gasteiger partial charge in [-0.25, -0.2) is 13.8 Å². The minimum atomic E-state index is -0.948. The van der Waals surface area contributed by atoms with Gasteiger partial charge in [-0.05, 0) is 31.0 Å². The van der Waals surface area contributed by atoms with E-state index in [0.29, 0.717) is 23.4 Å².